The molecule has 6 N–H and O–H groups in total. The molecule has 2 aliphatic rings. The third-order valence-corrected chi connectivity index (χ3v) is 10.8. The van der Waals surface area contributed by atoms with E-state index in [1.807, 2.05) is 62.4 Å². The predicted molar refractivity (Wildman–Crippen MR) is 206 cm³/mol. The monoisotopic (exact) mass is 798 g/mol. The first-order chi connectivity index (χ1) is 26.5. The fourth-order valence-corrected chi connectivity index (χ4v) is 7.39. The van der Waals surface area contributed by atoms with Crippen LogP contribution < -0.4 is 9.47 Å². The van der Waals surface area contributed by atoms with Crippen LogP contribution in [0.2, 0.25) is 10.0 Å². The Morgan fingerprint density at radius 1 is 0.509 bits per heavy atom. The zero-order chi connectivity index (χ0) is 39.2. The minimum absolute atomic E-state index is 0.253. The second kappa shape index (κ2) is 18.8. The molecule has 4 aromatic rings. The normalized spacial score (nSPS) is 28.2. The summed E-state index contributed by atoms with van der Waals surface area (Å²) in [4.78, 5) is 0. The Morgan fingerprint density at radius 2 is 0.891 bits per heavy atom. The van der Waals surface area contributed by atoms with Crippen LogP contribution in [-0.2, 0) is 27.1 Å². The van der Waals surface area contributed by atoms with E-state index in [4.69, 9.17) is 46.9 Å². The lowest BCUT2D eigenvalue weighted by molar-refractivity contribution is -0.251. The van der Waals surface area contributed by atoms with Gasteiger partial charge in [-0.05, 0) is 96.5 Å². The van der Waals surface area contributed by atoms with Crippen molar-refractivity contribution in [1.29, 1.82) is 0 Å². The molecule has 0 radical (unpaired) electrons. The van der Waals surface area contributed by atoms with Crippen LogP contribution in [0.4, 0.5) is 0 Å². The van der Waals surface area contributed by atoms with Gasteiger partial charge in [0.25, 0.3) is 0 Å². The van der Waals surface area contributed by atoms with Crippen molar-refractivity contribution in [2.75, 3.05) is 26.4 Å². The summed E-state index contributed by atoms with van der Waals surface area (Å²) in [7, 11) is 0. The van der Waals surface area contributed by atoms with Crippen molar-refractivity contribution in [2.45, 2.75) is 87.7 Å². The van der Waals surface area contributed by atoms with E-state index in [1.165, 1.54) is 0 Å². The summed E-state index contributed by atoms with van der Waals surface area (Å²) in [6.45, 7) is 4.45. The van der Waals surface area contributed by atoms with Gasteiger partial charge in [0, 0.05) is 10.0 Å². The molecule has 2 saturated heterocycles. The zero-order valence-corrected chi connectivity index (χ0v) is 32.1. The van der Waals surface area contributed by atoms with Crippen LogP contribution in [0.5, 0.6) is 11.5 Å². The molecule has 296 valence electrons. The number of aliphatic hydroxyl groups is 6. The number of hydrogen-bond donors (Lipinski definition) is 6. The molecule has 0 spiro atoms. The van der Waals surface area contributed by atoms with Crippen molar-refractivity contribution in [2.24, 2.45) is 0 Å². The molecule has 55 heavy (non-hydrogen) atoms. The van der Waals surface area contributed by atoms with Crippen molar-refractivity contribution in [3.63, 3.8) is 0 Å². The van der Waals surface area contributed by atoms with Crippen LogP contribution in [0, 0.1) is 0 Å². The molecule has 2 heterocycles. The number of aliphatic hydroxyl groups excluding tert-OH is 6. The van der Waals surface area contributed by atoms with E-state index >= 15 is 0 Å². The van der Waals surface area contributed by atoms with Crippen molar-refractivity contribution in [3.05, 3.63) is 128 Å². The highest BCUT2D eigenvalue weighted by atomic mass is 35.5. The van der Waals surface area contributed by atoms with Crippen molar-refractivity contribution in [1.82, 2.24) is 0 Å². The lowest BCUT2D eigenvalue weighted by Crippen LogP contribution is -2.57. The van der Waals surface area contributed by atoms with Crippen molar-refractivity contribution < 1.29 is 54.3 Å². The minimum atomic E-state index is -1.56. The molecule has 4 aromatic carbocycles. The summed E-state index contributed by atoms with van der Waals surface area (Å²) in [5.41, 5.74) is 4.61. The summed E-state index contributed by atoms with van der Waals surface area (Å²) in [5.74, 6) is 1.52. The fourth-order valence-electron chi connectivity index (χ4n) is 7.02. The van der Waals surface area contributed by atoms with E-state index in [0.717, 1.165) is 33.8 Å². The van der Waals surface area contributed by atoms with Gasteiger partial charge < -0.3 is 54.3 Å². The third kappa shape index (κ3) is 9.81. The van der Waals surface area contributed by atoms with Crippen LogP contribution in [-0.4, -0.2) is 106 Å². The molecule has 0 saturated carbocycles. The first-order valence-corrected chi connectivity index (χ1v) is 19.2. The maximum atomic E-state index is 11.0. The van der Waals surface area contributed by atoms with E-state index < -0.39 is 61.0 Å². The zero-order valence-electron chi connectivity index (χ0n) is 30.6. The average molecular weight is 800 g/mol. The molecule has 0 aliphatic carbocycles. The molecule has 6 rings (SSSR count). The lowest BCUT2D eigenvalue weighted by Gasteiger charge is -2.42. The van der Waals surface area contributed by atoms with Crippen LogP contribution in [0.25, 0.3) is 0 Å². The minimum Gasteiger partial charge on any atom is -0.494 e. The van der Waals surface area contributed by atoms with Crippen LogP contribution in [0.1, 0.15) is 59.4 Å². The van der Waals surface area contributed by atoms with Gasteiger partial charge in [-0.25, -0.2) is 0 Å². The molecule has 0 amide bonds. The number of ether oxygens (including phenoxy) is 5. The topological polar surface area (TPSA) is 168 Å². The van der Waals surface area contributed by atoms with Gasteiger partial charge in [0.2, 0.25) is 0 Å². The number of hydrogen-bond acceptors (Lipinski definition) is 11. The Morgan fingerprint density at radius 3 is 1.25 bits per heavy atom. The first-order valence-electron chi connectivity index (χ1n) is 18.4. The fraction of sp³-hybridized carbons (Fsp3) is 0.429. The summed E-state index contributed by atoms with van der Waals surface area (Å²) in [6, 6.07) is 25.7. The second-order valence-electron chi connectivity index (χ2n) is 13.9. The molecule has 0 unspecified atom stereocenters. The van der Waals surface area contributed by atoms with Gasteiger partial charge >= 0.3 is 0 Å². The highest BCUT2D eigenvalue weighted by Crippen LogP contribution is 2.37. The highest BCUT2D eigenvalue weighted by Gasteiger charge is 2.46. The molecule has 2 aliphatic heterocycles. The molecular weight excluding hydrogens is 751 g/mol. The Bertz CT molecular complexity index is 1710. The number of halogens is 2. The van der Waals surface area contributed by atoms with Gasteiger partial charge in [-0.15, -0.1) is 0 Å². The Labute approximate surface area is 330 Å². The Hall–Kier alpha value is -3.30. The standard InChI is InChI=1S/C42H48Cl2O11/c1-3-52-29-11-5-23(6-12-29)17-27-19-25(9-15-31(27)43)41-39(49)37(47)35(45)33(54-41)21-51-22-34-36(46)38(48)40(50)42(55-34)26-10-16-32(44)28(20-26)18-24-7-13-30(14-8-24)53-4-2/h5-16,19-20,33-42,45-50H,3-4,17-18,21-22H2,1-2H3/t33-,34-,35-,36-,37+,38+,39-,40-,41+,42+/m1/s1. The van der Waals surface area contributed by atoms with Gasteiger partial charge in [-0.1, -0.05) is 71.7 Å². The third-order valence-electron chi connectivity index (χ3n) is 10.0. The van der Waals surface area contributed by atoms with E-state index in [-0.39, 0.29) is 13.2 Å². The molecule has 10 atom stereocenters. The summed E-state index contributed by atoms with van der Waals surface area (Å²) in [6.07, 6.45) is -12.3. The molecule has 2 fully saturated rings. The maximum absolute atomic E-state index is 11.0. The summed E-state index contributed by atoms with van der Waals surface area (Å²) < 4.78 is 29.2. The van der Waals surface area contributed by atoms with Gasteiger partial charge in [-0.2, -0.15) is 0 Å². The number of rotatable bonds is 14. The van der Waals surface area contributed by atoms with Gasteiger partial charge in [0.15, 0.2) is 0 Å². The van der Waals surface area contributed by atoms with Gasteiger partial charge in [0.05, 0.1) is 26.4 Å². The first kappa shape index (κ1) is 41.3. The van der Waals surface area contributed by atoms with Gasteiger partial charge in [-0.3, -0.25) is 0 Å². The van der Waals surface area contributed by atoms with E-state index in [9.17, 15) is 30.6 Å². The Kier molecular flexibility index (Phi) is 14.1. The van der Waals surface area contributed by atoms with E-state index in [2.05, 4.69) is 0 Å². The molecule has 11 nitrogen and oxygen atoms in total. The Balaban J connectivity index is 1.11. The average Bonchev–Trinajstić information content (AvgIpc) is 3.18. The lowest BCUT2D eigenvalue weighted by atomic mass is 9.89. The summed E-state index contributed by atoms with van der Waals surface area (Å²) >= 11 is 13.1. The van der Waals surface area contributed by atoms with Crippen LogP contribution in [0.3, 0.4) is 0 Å². The smallest absolute Gasteiger partial charge is 0.119 e. The SMILES string of the molecule is CCOc1ccc(Cc2cc([C@@H]3O[C@H](COC[C@H]4O[C@@H](c5ccc(Cl)c(Cc6ccc(OCC)cc6)c5)[C@H](O)[C@@H](O)[C@@H]4O)[C@@H](O)[C@H](O)[C@H]3O)ccc2Cl)cc1. The molecule has 13 heteroatoms. The summed E-state index contributed by atoms with van der Waals surface area (Å²) in [5, 5.41) is 66.4. The number of benzene rings is 4. The molecule has 0 bridgehead atoms. The largest absolute Gasteiger partial charge is 0.494 e. The van der Waals surface area contributed by atoms with Crippen molar-refractivity contribution >= 4 is 23.2 Å². The molecule has 0 aromatic heterocycles. The van der Waals surface area contributed by atoms with E-state index in [1.54, 1.807) is 36.4 Å². The second-order valence-corrected chi connectivity index (χ2v) is 14.7. The van der Waals surface area contributed by atoms with Crippen molar-refractivity contribution in [3.8, 4) is 11.5 Å². The highest BCUT2D eigenvalue weighted by molar-refractivity contribution is 6.31. The quantitative estimate of drug-likeness (QED) is 0.104. The van der Waals surface area contributed by atoms with Crippen LogP contribution in [0.15, 0.2) is 84.9 Å². The molecular formula is C42H48Cl2O11. The van der Waals surface area contributed by atoms with Gasteiger partial charge in [0.1, 0.15) is 72.5 Å². The van der Waals surface area contributed by atoms with E-state index in [0.29, 0.717) is 47.2 Å². The van der Waals surface area contributed by atoms with Crippen LogP contribution >= 0.6 is 23.2 Å². The predicted octanol–water partition coefficient (Wildman–Crippen LogP) is 4.73. The maximum Gasteiger partial charge on any atom is 0.119 e.